The number of benzene rings is 3. The van der Waals surface area contributed by atoms with Gasteiger partial charge in [0.1, 0.15) is 34.4 Å². The molecule has 2 atom stereocenters. The number of primary amides is 1. The van der Waals surface area contributed by atoms with Crippen LogP contribution in [-0.2, 0) is 27.9 Å². The fraction of sp³-hybridized carbons (Fsp3) is 0.314. The first kappa shape index (κ1) is 29.9. The van der Waals surface area contributed by atoms with Gasteiger partial charge in [0, 0.05) is 64.1 Å². The lowest BCUT2D eigenvalue weighted by Crippen LogP contribution is -2.64. The van der Waals surface area contributed by atoms with Gasteiger partial charge in [-0.25, -0.2) is 4.79 Å². The van der Waals surface area contributed by atoms with Crippen molar-refractivity contribution in [2.45, 2.75) is 50.8 Å². The summed E-state index contributed by atoms with van der Waals surface area (Å²) in [5.74, 6) is 0.888. The number of para-hydroxylation sites is 2. The van der Waals surface area contributed by atoms with Gasteiger partial charge in [0.05, 0.1) is 27.0 Å². The van der Waals surface area contributed by atoms with E-state index in [1.807, 2.05) is 54.7 Å². The second-order valence-corrected chi connectivity index (χ2v) is 12.3. The number of H-pyrrole nitrogens is 2. The topological polar surface area (TPSA) is 132 Å². The normalized spacial score (nSPS) is 18.1. The Hall–Kier alpha value is -5.12. The Bertz CT molecular complexity index is 1890. The average molecular weight is 611 g/mol. The van der Waals surface area contributed by atoms with Gasteiger partial charge in [0.2, 0.25) is 5.91 Å². The summed E-state index contributed by atoms with van der Waals surface area (Å²) in [6.07, 6.45) is 1.55. The molecule has 10 nitrogen and oxygen atoms in total. The van der Waals surface area contributed by atoms with E-state index in [1.54, 1.807) is 54.2 Å². The number of nitrogens with two attached hydrogens (primary N) is 1. The first-order chi connectivity index (χ1) is 21.5. The van der Waals surface area contributed by atoms with Crippen molar-refractivity contribution in [3.8, 4) is 17.2 Å². The molecule has 0 unspecified atom stereocenters. The molecule has 2 aromatic heterocycles. The van der Waals surface area contributed by atoms with E-state index in [-0.39, 0.29) is 12.8 Å². The van der Waals surface area contributed by atoms with Crippen LogP contribution in [0.4, 0.5) is 4.79 Å². The zero-order valence-electron chi connectivity index (χ0n) is 26.3. The molecule has 3 aromatic carbocycles. The third kappa shape index (κ3) is 4.90. The number of nitrogens with zero attached hydrogens (tertiary/aromatic N) is 1. The van der Waals surface area contributed by atoms with E-state index in [9.17, 15) is 9.59 Å². The Morgan fingerprint density at radius 3 is 2.16 bits per heavy atom. The minimum Gasteiger partial charge on any atom is -0.496 e. The number of hydrogen-bond acceptors (Lipinski definition) is 6. The van der Waals surface area contributed by atoms with Crippen LogP contribution in [0.25, 0.3) is 21.8 Å². The molecule has 6 rings (SSSR count). The van der Waals surface area contributed by atoms with Crippen LogP contribution in [-0.4, -0.2) is 59.8 Å². The molecule has 0 bridgehead atoms. The Balaban J connectivity index is 1.78. The van der Waals surface area contributed by atoms with Crippen LogP contribution in [0.3, 0.4) is 0 Å². The zero-order valence-corrected chi connectivity index (χ0v) is 26.3. The number of fused-ring (bicyclic) bond motifs is 4. The molecular formula is C35H38N4O6. The smallest absolute Gasteiger partial charge is 0.412 e. The molecule has 2 amide bonds. The zero-order chi connectivity index (χ0) is 32.1. The molecule has 0 spiro atoms. The van der Waals surface area contributed by atoms with Gasteiger partial charge in [0.15, 0.2) is 0 Å². The maximum Gasteiger partial charge on any atom is 0.412 e. The van der Waals surface area contributed by atoms with Crippen LogP contribution in [0.15, 0.2) is 66.9 Å². The van der Waals surface area contributed by atoms with Crippen LogP contribution in [0.5, 0.6) is 17.2 Å². The Kier molecular flexibility index (Phi) is 7.39. The molecule has 45 heavy (non-hydrogen) atoms. The van der Waals surface area contributed by atoms with Crippen LogP contribution in [0.2, 0.25) is 0 Å². The second-order valence-electron chi connectivity index (χ2n) is 12.3. The maximum atomic E-state index is 14.6. The standard InChI is InChI=1S/C35H38N4O6/c1-34(2,3)45-33(41)39-28(32(36)40)17-23-21-11-7-10-14-27(21)38-31(23)35(39,25-19-37-26-13-9-8-12-22(25)26)18-24-29(43-5)15-20(42-4)16-30(24)44-6/h7-16,19,28,37-38H,17-18H2,1-6H3,(H2,36,40)/t28-,35+/m1/s1. The number of ether oxygens (including phenoxy) is 4. The largest absolute Gasteiger partial charge is 0.496 e. The first-order valence-electron chi connectivity index (χ1n) is 14.8. The van der Waals surface area contributed by atoms with Crippen LogP contribution in [0, 0.1) is 0 Å². The molecule has 0 fully saturated rings. The molecule has 234 valence electrons. The molecule has 4 N–H and O–H groups in total. The average Bonchev–Trinajstić information content (AvgIpc) is 3.62. The highest BCUT2D eigenvalue weighted by atomic mass is 16.6. The predicted molar refractivity (Wildman–Crippen MR) is 172 cm³/mol. The summed E-state index contributed by atoms with van der Waals surface area (Å²) in [4.78, 5) is 36.7. The van der Waals surface area contributed by atoms with Gasteiger partial charge < -0.3 is 34.6 Å². The number of aromatic amines is 2. The summed E-state index contributed by atoms with van der Waals surface area (Å²) in [5, 5.41) is 1.81. The van der Waals surface area contributed by atoms with Crippen LogP contribution < -0.4 is 19.9 Å². The van der Waals surface area contributed by atoms with Gasteiger partial charge in [0.25, 0.3) is 0 Å². The highest BCUT2D eigenvalue weighted by Crippen LogP contribution is 2.52. The van der Waals surface area contributed by atoms with Crippen molar-refractivity contribution in [1.29, 1.82) is 0 Å². The Morgan fingerprint density at radius 1 is 0.933 bits per heavy atom. The summed E-state index contributed by atoms with van der Waals surface area (Å²) < 4.78 is 23.4. The number of hydrogen-bond donors (Lipinski definition) is 3. The molecular weight excluding hydrogens is 572 g/mol. The summed E-state index contributed by atoms with van der Waals surface area (Å²) >= 11 is 0. The van der Waals surface area contributed by atoms with Gasteiger partial charge in [-0.1, -0.05) is 36.4 Å². The highest BCUT2D eigenvalue weighted by Gasteiger charge is 2.56. The molecule has 5 aromatic rings. The quantitative estimate of drug-likeness (QED) is 0.213. The Labute approximate surface area is 261 Å². The van der Waals surface area contributed by atoms with Gasteiger partial charge in [-0.05, 0) is 38.5 Å². The fourth-order valence-electron chi connectivity index (χ4n) is 6.71. The first-order valence-corrected chi connectivity index (χ1v) is 14.8. The van der Waals surface area contributed by atoms with Gasteiger partial charge in [-0.3, -0.25) is 9.69 Å². The third-order valence-corrected chi connectivity index (χ3v) is 8.55. The van der Waals surface area contributed by atoms with Gasteiger partial charge in [-0.2, -0.15) is 0 Å². The van der Waals surface area contributed by atoms with E-state index in [4.69, 9.17) is 24.7 Å². The fourth-order valence-corrected chi connectivity index (χ4v) is 6.71. The number of aromatic nitrogens is 2. The molecule has 0 saturated heterocycles. The van der Waals surface area contributed by atoms with Gasteiger partial charge in [-0.15, -0.1) is 0 Å². The summed E-state index contributed by atoms with van der Waals surface area (Å²) in [7, 11) is 4.72. The molecule has 0 aliphatic carbocycles. The summed E-state index contributed by atoms with van der Waals surface area (Å²) in [5.41, 5.74) is 8.76. The monoisotopic (exact) mass is 610 g/mol. The molecule has 3 heterocycles. The second kappa shape index (κ2) is 11.1. The molecule has 0 saturated carbocycles. The van der Waals surface area contributed by atoms with E-state index in [1.165, 1.54) is 4.90 Å². The summed E-state index contributed by atoms with van der Waals surface area (Å²) in [6, 6.07) is 18.3. The molecule has 0 radical (unpaired) electrons. The predicted octanol–water partition coefficient (Wildman–Crippen LogP) is 5.81. The van der Waals surface area contributed by atoms with Crippen molar-refractivity contribution in [3.05, 3.63) is 89.2 Å². The number of rotatable bonds is 7. The number of amides is 2. The molecule has 1 aliphatic rings. The molecule has 10 heteroatoms. The maximum absolute atomic E-state index is 14.6. The van der Waals surface area contributed by atoms with Crippen molar-refractivity contribution in [1.82, 2.24) is 14.9 Å². The lowest BCUT2D eigenvalue weighted by atomic mass is 9.72. The Morgan fingerprint density at radius 2 is 1.56 bits per heavy atom. The minimum atomic E-state index is -1.36. The lowest BCUT2D eigenvalue weighted by Gasteiger charge is -2.50. The molecule has 1 aliphatic heterocycles. The van der Waals surface area contributed by atoms with E-state index in [2.05, 4.69) is 9.97 Å². The third-order valence-electron chi connectivity index (χ3n) is 8.55. The van der Waals surface area contributed by atoms with Crippen LogP contribution >= 0.6 is 0 Å². The van der Waals surface area contributed by atoms with E-state index < -0.39 is 29.2 Å². The van der Waals surface area contributed by atoms with E-state index in [0.717, 1.165) is 38.6 Å². The highest BCUT2D eigenvalue weighted by molar-refractivity contribution is 5.94. The van der Waals surface area contributed by atoms with Crippen molar-refractivity contribution >= 4 is 33.8 Å². The number of methoxy groups -OCH3 is 3. The number of nitrogens with one attached hydrogen (secondary N) is 2. The van der Waals surface area contributed by atoms with Crippen molar-refractivity contribution in [2.75, 3.05) is 21.3 Å². The number of carbonyl (C=O) groups is 2. The minimum absolute atomic E-state index is 0.133. The lowest BCUT2D eigenvalue weighted by molar-refractivity contribution is -0.126. The van der Waals surface area contributed by atoms with Gasteiger partial charge >= 0.3 is 6.09 Å². The van der Waals surface area contributed by atoms with Crippen molar-refractivity contribution in [3.63, 3.8) is 0 Å². The van der Waals surface area contributed by atoms with Crippen molar-refractivity contribution < 1.29 is 28.5 Å². The SMILES string of the molecule is COc1cc(OC)c(C[C@]2(c3c[nH]c4ccccc34)c3[nH]c4ccccc4c3C[C@H](C(N)=O)N2C(=O)OC(C)(C)C)c(OC)c1. The number of carbonyl (C=O) groups excluding carboxylic acids is 2. The van der Waals surface area contributed by atoms with E-state index in [0.29, 0.717) is 22.8 Å². The van der Waals surface area contributed by atoms with Crippen molar-refractivity contribution in [2.24, 2.45) is 5.73 Å². The summed E-state index contributed by atoms with van der Waals surface area (Å²) in [6.45, 7) is 5.39. The van der Waals surface area contributed by atoms with Crippen LogP contribution in [0.1, 0.15) is 43.2 Å². The van der Waals surface area contributed by atoms with E-state index >= 15 is 0 Å².